The van der Waals surface area contributed by atoms with Crippen LogP contribution in [-0.4, -0.2) is 11.8 Å². The number of carbonyl (C=O) groups excluding carboxylic acids is 1. The van der Waals surface area contributed by atoms with Gasteiger partial charge in [-0.05, 0) is 25.0 Å². The van der Waals surface area contributed by atoms with Crippen LogP contribution in [0.25, 0.3) is 0 Å². The van der Waals surface area contributed by atoms with Crippen molar-refractivity contribution in [3.05, 3.63) is 34.9 Å². The third-order valence-electron chi connectivity index (χ3n) is 2.80. The molecule has 3 heteroatoms. The van der Waals surface area contributed by atoms with Crippen molar-refractivity contribution in [3.8, 4) is 0 Å². The summed E-state index contributed by atoms with van der Waals surface area (Å²) in [5, 5.41) is 2.48. The van der Waals surface area contributed by atoms with Gasteiger partial charge in [-0.1, -0.05) is 50.2 Å². The van der Waals surface area contributed by atoms with E-state index in [0.29, 0.717) is 6.54 Å². The molecule has 16 heavy (non-hydrogen) atoms. The third kappa shape index (κ3) is 3.27. The Morgan fingerprint density at radius 2 is 2.00 bits per heavy atom. The molecule has 0 aromatic heterocycles. The van der Waals surface area contributed by atoms with Gasteiger partial charge in [0, 0.05) is 12.0 Å². The summed E-state index contributed by atoms with van der Waals surface area (Å²) in [6.07, 6.45) is 0. The Kier molecular flexibility index (Phi) is 4.03. The lowest BCUT2D eigenvalue weighted by Gasteiger charge is -2.27. The van der Waals surface area contributed by atoms with Crippen molar-refractivity contribution in [1.82, 2.24) is 5.32 Å². The zero-order chi connectivity index (χ0) is 12.3. The van der Waals surface area contributed by atoms with Gasteiger partial charge in [0.1, 0.15) is 0 Å². The summed E-state index contributed by atoms with van der Waals surface area (Å²) in [6.45, 7) is 9.02. The molecule has 1 amide bonds. The van der Waals surface area contributed by atoms with Gasteiger partial charge in [0.25, 0.3) is 5.24 Å². The number of rotatable bonds is 3. The van der Waals surface area contributed by atoms with Crippen molar-refractivity contribution in [2.75, 3.05) is 6.54 Å². The quantitative estimate of drug-likeness (QED) is 0.777. The number of amides is 1. The Morgan fingerprint density at radius 1 is 1.38 bits per heavy atom. The Bertz CT molecular complexity index is 399. The van der Waals surface area contributed by atoms with Gasteiger partial charge in [0.15, 0.2) is 0 Å². The van der Waals surface area contributed by atoms with Crippen LogP contribution >= 0.6 is 12.6 Å². The van der Waals surface area contributed by atoms with E-state index in [9.17, 15) is 4.79 Å². The largest absolute Gasteiger partial charge is 0.346 e. The molecule has 0 fully saturated rings. The lowest BCUT2D eigenvalue weighted by atomic mass is 9.81. The predicted octanol–water partition coefficient (Wildman–Crippen LogP) is 3.22. The molecule has 0 radical (unpaired) electrons. The van der Waals surface area contributed by atoms with Crippen LogP contribution in [0.1, 0.15) is 30.5 Å². The molecule has 0 aliphatic rings. The van der Waals surface area contributed by atoms with Crippen LogP contribution in [0.5, 0.6) is 0 Å². The van der Waals surface area contributed by atoms with Crippen molar-refractivity contribution in [2.45, 2.75) is 33.1 Å². The summed E-state index contributed by atoms with van der Waals surface area (Å²) in [5.74, 6) is 0. The van der Waals surface area contributed by atoms with Crippen LogP contribution in [0.2, 0.25) is 0 Å². The topological polar surface area (TPSA) is 29.1 Å². The third-order valence-corrected chi connectivity index (χ3v) is 2.96. The Morgan fingerprint density at radius 3 is 2.56 bits per heavy atom. The van der Waals surface area contributed by atoms with E-state index in [0.717, 1.165) is 0 Å². The van der Waals surface area contributed by atoms with Crippen molar-refractivity contribution >= 4 is 17.9 Å². The fraction of sp³-hybridized carbons (Fsp3) is 0.462. The molecule has 1 N–H and O–H groups in total. The van der Waals surface area contributed by atoms with Crippen LogP contribution in [-0.2, 0) is 5.41 Å². The minimum atomic E-state index is -0.279. The summed E-state index contributed by atoms with van der Waals surface area (Å²) in [6, 6.07) is 6.40. The van der Waals surface area contributed by atoms with Crippen molar-refractivity contribution in [1.29, 1.82) is 0 Å². The minimum absolute atomic E-state index is 0.0749. The van der Waals surface area contributed by atoms with Crippen LogP contribution < -0.4 is 5.32 Å². The van der Waals surface area contributed by atoms with E-state index in [1.165, 1.54) is 16.7 Å². The number of nitrogens with one attached hydrogen (secondary N) is 1. The van der Waals surface area contributed by atoms with Gasteiger partial charge in [-0.2, -0.15) is 0 Å². The highest BCUT2D eigenvalue weighted by Gasteiger charge is 2.22. The Balaban J connectivity index is 2.96. The van der Waals surface area contributed by atoms with Crippen LogP contribution in [0, 0.1) is 13.8 Å². The first kappa shape index (κ1) is 13.1. The number of carbonyl (C=O) groups is 1. The van der Waals surface area contributed by atoms with E-state index in [4.69, 9.17) is 0 Å². The number of aryl methyl sites for hydroxylation is 2. The highest BCUT2D eigenvalue weighted by Crippen LogP contribution is 2.26. The van der Waals surface area contributed by atoms with E-state index in [1.807, 2.05) is 0 Å². The van der Waals surface area contributed by atoms with E-state index >= 15 is 0 Å². The van der Waals surface area contributed by atoms with Gasteiger partial charge in [0.05, 0.1) is 0 Å². The van der Waals surface area contributed by atoms with E-state index < -0.39 is 0 Å². The second-order valence-corrected chi connectivity index (χ2v) is 5.27. The normalized spacial score (nSPS) is 11.3. The fourth-order valence-electron chi connectivity index (χ4n) is 1.86. The summed E-state index contributed by atoms with van der Waals surface area (Å²) < 4.78 is 0. The van der Waals surface area contributed by atoms with Crippen LogP contribution in [0.15, 0.2) is 18.2 Å². The molecule has 0 spiro atoms. The van der Waals surface area contributed by atoms with Crippen molar-refractivity contribution in [2.24, 2.45) is 0 Å². The van der Waals surface area contributed by atoms with E-state index in [-0.39, 0.29) is 10.7 Å². The maximum Gasteiger partial charge on any atom is 0.276 e. The SMILES string of the molecule is Cc1ccc(C)c(C(C)(C)CNC(=O)S)c1. The molecule has 0 bridgehead atoms. The highest BCUT2D eigenvalue weighted by molar-refractivity contribution is 7.96. The highest BCUT2D eigenvalue weighted by atomic mass is 32.1. The van der Waals surface area contributed by atoms with E-state index in [1.54, 1.807) is 0 Å². The maximum absolute atomic E-state index is 10.8. The molecule has 0 aliphatic carbocycles. The number of thiol groups is 1. The second kappa shape index (κ2) is 4.91. The van der Waals surface area contributed by atoms with Crippen molar-refractivity contribution < 1.29 is 4.79 Å². The van der Waals surface area contributed by atoms with Gasteiger partial charge in [-0.25, -0.2) is 0 Å². The van der Waals surface area contributed by atoms with Crippen LogP contribution in [0.4, 0.5) is 4.79 Å². The second-order valence-electron chi connectivity index (χ2n) is 4.86. The van der Waals surface area contributed by atoms with Gasteiger partial charge < -0.3 is 5.32 Å². The average molecular weight is 237 g/mol. The zero-order valence-electron chi connectivity index (χ0n) is 10.3. The predicted molar refractivity (Wildman–Crippen MR) is 71.3 cm³/mol. The molecule has 0 unspecified atom stereocenters. The first-order valence-electron chi connectivity index (χ1n) is 5.37. The van der Waals surface area contributed by atoms with Crippen molar-refractivity contribution in [3.63, 3.8) is 0 Å². The molecule has 0 saturated carbocycles. The number of hydrogen-bond acceptors (Lipinski definition) is 1. The molecule has 1 aromatic carbocycles. The summed E-state index contributed by atoms with van der Waals surface area (Å²) >= 11 is 3.72. The monoisotopic (exact) mass is 237 g/mol. The number of benzene rings is 1. The molecule has 0 atom stereocenters. The standard InChI is InChI=1S/C13H19NOS/c1-9-5-6-10(2)11(7-9)13(3,4)8-14-12(15)16/h5-7H,8H2,1-4H3,(H2,14,15,16). The fourth-order valence-corrected chi connectivity index (χ4v) is 1.94. The average Bonchev–Trinajstić information content (AvgIpc) is 2.19. The smallest absolute Gasteiger partial charge is 0.276 e. The van der Waals surface area contributed by atoms with Gasteiger partial charge >= 0.3 is 0 Å². The first-order valence-corrected chi connectivity index (χ1v) is 5.82. The zero-order valence-corrected chi connectivity index (χ0v) is 11.2. The molecule has 0 heterocycles. The number of hydrogen-bond donors (Lipinski definition) is 2. The lowest BCUT2D eigenvalue weighted by Crippen LogP contribution is -2.34. The van der Waals surface area contributed by atoms with Gasteiger partial charge in [0.2, 0.25) is 0 Å². The first-order chi connectivity index (χ1) is 7.33. The Hall–Kier alpha value is -0.960. The van der Waals surface area contributed by atoms with Gasteiger partial charge in [-0.3, -0.25) is 4.79 Å². The van der Waals surface area contributed by atoms with E-state index in [2.05, 4.69) is 63.8 Å². The Labute approximate surface area is 103 Å². The summed E-state index contributed by atoms with van der Waals surface area (Å²) in [5.41, 5.74) is 3.69. The molecule has 1 rings (SSSR count). The summed E-state index contributed by atoms with van der Waals surface area (Å²) in [4.78, 5) is 10.8. The molecule has 1 aromatic rings. The molecule has 88 valence electrons. The molecule has 0 aliphatic heterocycles. The molecule has 0 saturated heterocycles. The molecule has 2 nitrogen and oxygen atoms in total. The molecular weight excluding hydrogens is 218 g/mol. The van der Waals surface area contributed by atoms with Crippen LogP contribution in [0.3, 0.4) is 0 Å². The minimum Gasteiger partial charge on any atom is -0.346 e. The molecular formula is C13H19NOS. The summed E-state index contributed by atoms with van der Waals surface area (Å²) in [7, 11) is 0. The van der Waals surface area contributed by atoms with Gasteiger partial charge in [-0.15, -0.1) is 0 Å². The maximum atomic E-state index is 10.8. The lowest BCUT2D eigenvalue weighted by molar-refractivity contribution is 0.258.